The number of rotatable bonds is 4. The van der Waals surface area contributed by atoms with Crippen molar-refractivity contribution >= 4 is 11.7 Å². The minimum absolute atomic E-state index is 0.00912. The van der Waals surface area contributed by atoms with E-state index in [0.717, 1.165) is 18.4 Å². The van der Waals surface area contributed by atoms with E-state index in [1.54, 1.807) is 0 Å². The summed E-state index contributed by atoms with van der Waals surface area (Å²) in [4.78, 5) is 26.2. The summed E-state index contributed by atoms with van der Waals surface area (Å²) >= 11 is 0. The van der Waals surface area contributed by atoms with Gasteiger partial charge in [0.15, 0.2) is 5.71 Å². The Bertz CT molecular complexity index is 542. The van der Waals surface area contributed by atoms with Gasteiger partial charge in [0.2, 0.25) is 0 Å². The maximum atomic E-state index is 11.3. The number of hydrogen-bond acceptors (Lipinski definition) is 4. The molecular formula is C12H13NO4. The van der Waals surface area contributed by atoms with E-state index in [0.29, 0.717) is 17.7 Å². The van der Waals surface area contributed by atoms with Gasteiger partial charge in [0, 0.05) is 6.07 Å². The zero-order chi connectivity index (χ0) is 12.4. The molecule has 0 saturated heterocycles. The van der Waals surface area contributed by atoms with Crippen molar-refractivity contribution in [2.45, 2.75) is 32.7 Å². The zero-order valence-electron chi connectivity index (χ0n) is 9.52. The SMILES string of the molecule is CCCCc1cc(=O)oc2c1C(C(=O)O)=NC2. The summed E-state index contributed by atoms with van der Waals surface area (Å²) in [7, 11) is 0. The third kappa shape index (κ3) is 2.13. The first-order chi connectivity index (χ1) is 8.13. The average molecular weight is 235 g/mol. The fraction of sp³-hybridized carbons (Fsp3) is 0.417. The molecule has 2 heterocycles. The molecule has 0 atom stereocenters. The maximum Gasteiger partial charge on any atom is 0.354 e. The molecule has 17 heavy (non-hydrogen) atoms. The second-order valence-corrected chi connectivity index (χ2v) is 3.96. The van der Waals surface area contributed by atoms with E-state index in [2.05, 4.69) is 4.99 Å². The van der Waals surface area contributed by atoms with E-state index in [4.69, 9.17) is 9.52 Å². The Morgan fingerprint density at radius 3 is 3.00 bits per heavy atom. The van der Waals surface area contributed by atoms with E-state index >= 15 is 0 Å². The predicted molar refractivity (Wildman–Crippen MR) is 61.5 cm³/mol. The number of unbranched alkanes of at least 4 members (excludes halogenated alkanes) is 1. The van der Waals surface area contributed by atoms with Crippen LogP contribution in [-0.2, 0) is 17.8 Å². The number of nitrogens with zero attached hydrogens (tertiary/aromatic N) is 1. The lowest BCUT2D eigenvalue weighted by Gasteiger charge is -2.06. The maximum absolute atomic E-state index is 11.3. The highest BCUT2D eigenvalue weighted by Gasteiger charge is 2.27. The molecule has 0 spiro atoms. The first-order valence-corrected chi connectivity index (χ1v) is 5.57. The quantitative estimate of drug-likeness (QED) is 0.854. The van der Waals surface area contributed by atoms with Crippen LogP contribution < -0.4 is 5.63 Å². The zero-order valence-corrected chi connectivity index (χ0v) is 9.52. The van der Waals surface area contributed by atoms with Gasteiger partial charge < -0.3 is 9.52 Å². The summed E-state index contributed by atoms with van der Waals surface area (Å²) in [5, 5.41) is 9.03. The lowest BCUT2D eigenvalue weighted by Crippen LogP contribution is -2.17. The van der Waals surface area contributed by atoms with Crippen LogP contribution in [0.1, 0.15) is 36.7 Å². The summed E-state index contributed by atoms with van der Waals surface area (Å²) < 4.78 is 4.99. The third-order valence-electron chi connectivity index (χ3n) is 2.74. The topological polar surface area (TPSA) is 79.9 Å². The van der Waals surface area contributed by atoms with Gasteiger partial charge in [-0.3, -0.25) is 4.99 Å². The van der Waals surface area contributed by atoms with Gasteiger partial charge >= 0.3 is 11.6 Å². The van der Waals surface area contributed by atoms with Crippen LogP contribution in [0.15, 0.2) is 20.3 Å². The van der Waals surface area contributed by atoms with E-state index < -0.39 is 11.6 Å². The molecule has 0 radical (unpaired) electrons. The van der Waals surface area contributed by atoms with Crippen LogP contribution in [0.3, 0.4) is 0 Å². The van der Waals surface area contributed by atoms with E-state index in [1.807, 2.05) is 6.92 Å². The van der Waals surface area contributed by atoms with Crippen LogP contribution in [0.4, 0.5) is 0 Å². The van der Waals surface area contributed by atoms with Crippen LogP contribution in [0.25, 0.3) is 0 Å². The van der Waals surface area contributed by atoms with E-state index in [1.165, 1.54) is 6.07 Å². The molecule has 0 aliphatic carbocycles. The van der Waals surface area contributed by atoms with Gasteiger partial charge in [-0.25, -0.2) is 9.59 Å². The standard InChI is InChI=1S/C12H13NO4/c1-2-3-4-7-5-9(14)17-8-6-13-11(10(7)8)12(15)16/h5H,2-4,6H2,1H3,(H,15,16). The smallest absolute Gasteiger partial charge is 0.354 e. The molecule has 1 aromatic rings. The molecule has 5 nitrogen and oxygen atoms in total. The van der Waals surface area contributed by atoms with Crippen molar-refractivity contribution < 1.29 is 14.3 Å². The monoisotopic (exact) mass is 235 g/mol. The molecule has 0 amide bonds. The lowest BCUT2D eigenvalue weighted by atomic mass is 10.00. The minimum atomic E-state index is -1.07. The highest BCUT2D eigenvalue weighted by atomic mass is 16.4. The van der Waals surface area contributed by atoms with Crippen molar-refractivity contribution in [3.05, 3.63) is 33.4 Å². The van der Waals surface area contributed by atoms with Crippen LogP contribution >= 0.6 is 0 Å². The number of hydrogen-bond donors (Lipinski definition) is 1. The van der Waals surface area contributed by atoms with Gasteiger partial charge in [-0.2, -0.15) is 0 Å². The van der Waals surface area contributed by atoms with Crippen molar-refractivity contribution in [3.8, 4) is 0 Å². The summed E-state index contributed by atoms with van der Waals surface area (Å²) in [6.45, 7) is 2.18. The van der Waals surface area contributed by atoms with Crippen molar-refractivity contribution in [2.24, 2.45) is 4.99 Å². The third-order valence-corrected chi connectivity index (χ3v) is 2.74. The molecule has 5 heteroatoms. The molecule has 0 bridgehead atoms. The van der Waals surface area contributed by atoms with Gasteiger partial charge in [0.1, 0.15) is 5.76 Å². The van der Waals surface area contributed by atoms with Crippen LogP contribution in [0.5, 0.6) is 0 Å². The second-order valence-electron chi connectivity index (χ2n) is 3.96. The number of carbonyl (C=O) groups is 1. The summed E-state index contributed by atoms with van der Waals surface area (Å²) in [5.74, 6) is -0.698. The van der Waals surface area contributed by atoms with E-state index in [-0.39, 0.29) is 12.3 Å². The fourth-order valence-corrected chi connectivity index (χ4v) is 1.96. The van der Waals surface area contributed by atoms with Gasteiger partial charge in [-0.15, -0.1) is 0 Å². The second kappa shape index (κ2) is 4.53. The molecule has 0 fully saturated rings. The number of carboxylic acid groups (broad SMARTS) is 1. The molecule has 0 unspecified atom stereocenters. The number of fused-ring (bicyclic) bond motifs is 1. The van der Waals surface area contributed by atoms with Gasteiger partial charge in [0.25, 0.3) is 0 Å². The minimum Gasteiger partial charge on any atom is -0.477 e. The Morgan fingerprint density at radius 1 is 1.59 bits per heavy atom. The van der Waals surface area contributed by atoms with E-state index in [9.17, 15) is 9.59 Å². The predicted octanol–water partition coefficient (Wildman–Crippen LogP) is 1.37. The van der Waals surface area contributed by atoms with Crippen LogP contribution in [0.2, 0.25) is 0 Å². The highest BCUT2D eigenvalue weighted by molar-refractivity contribution is 6.43. The first kappa shape index (κ1) is 11.6. The number of carboxylic acids is 1. The van der Waals surface area contributed by atoms with Gasteiger partial charge in [-0.1, -0.05) is 13.3 Å². The molecule has 0 saturated carbocycles. The molecule has 1 aromatic heterocycles. The van der Waals surface area contributed by atoms with Crippen molar-refractivity contribution in [1.82, 2.24) is 0 Å². The van der Waals surface area contributed by atoms with Crippen molar-refractivity contribution in [1.29, 1.82) is 0 Å². The largest absolute Gasteiger partial charge is 0.477 e. The van der Waals surface area contributed by atoms with Crippen molar-refractivity contribution in [3.63, 3.8) is 0 Å². The molecule has 1 aliphatic rings. The molecular weight excluding hydrogens is 222 g/mol. The summed E-state index contributed by atoms with van der Waals surface area (Å²) in [6, 6.07) is 1.37. The van der Waals surface area contributed by atoms with Crippen LogP contribution in [-0.4, -0.2) is 16.8 Å². The lowest BCUT2D eigenvalue weighted by molar-refractivity contribution is -0.129. The summed E-state index contributed by atoms with van der Waals surface area (Å²) in [6.07, 6.45) is 2.56. The molecule has 2 rings (SSSR count). The molecule has 0 aromatic carbocycles. The number of aliphatic imine (C=N–C) groups is 1. The summed E-state index contributed by atoms with van der Waals surface area (Å²) in [5.41, 5.74) is 0.814. The molecule has 1 N–H and O–H groups in total. The number of aliphatic carboxylic acids is 1. The van der Waals surface area contributed by atoms with Gasteiger partial charge in [0.05, 0.1) is 12.1 Å². The van der Waals surface area contributed by atoms with Crippen LogP contribution in [0, 0.1) is 0 Å². The highest BCUT2D eigenvalue weighted by Crippen LogP contribution is 2.22. The fourth-order valence-electron chi connectivity index (χ4n) is 1.96. The Morgan fingerprint density at radius 2 is 2.35 bits per heavy atom. The average Bonchev–Trinajstić information content (AvgIpc) is 2.69. The molecule has 1 aliphatic heterocycles. The Hall–Kier alpha value is -1.91. The normalized spacial score (nSPS) is 13.4. The Kier molecular flexibility index (Phi) is 3.08. The Balaban J connectivity index is 2.49. The number of aryl methyl sites for hydroxylation is 1. The Labute approximate surface area is 97.8 Å². The van der Waals surface area contributed by atoms with Gasteiger partial charge in [-0.05, 0) is 18.4 Å². The van der Waals surface area contributed by atoms with Crippen molar-refractivity contribution in [2.75, 3.05) is 0 Å². The first-order valence-electron chi connectivity index (χ1n) is 5.57. The molecule has 90 valence electrons.